The van der Waals surface area contributed by atoms with Crippen molar-refractivity contribution >= 4 is 32.4 Å². The third-order valence-electron chi connectivity index (χ3n) is 1.37. The second-order valence-electron chi connectivity index (χ2n) is 2.17. The zero-order chi connectivity index (χ0) is 8.77. The Morgan fingerprint density at radius 3 is 2.92 bits per heavy atom. The van der Waals surface area contributed by atoms with Crippen LogP contribution in [-0.2, 0) is 10.0 Å². The molecule has 0 bridgehead atoms. The third kappa shape index (κ3) is 0.978. The molecular weight excluding hydrogens is 200 g/mol. The van der Waals surface area contributed by atoms with Gasteiger partial charge in [0.1, 0.15) is 9.90 Å². The van der Waals surface area contributed by atoms with E-state index >= 15 is 0 Å². The van der Waals surface area contributed by atoms with Gasteiger partial charge in [-0.15, -0.1) is 11.3 Å². The lowest BCUT2D eigenvalue weighted by Gasteiger charge is -2.13. The molecule has 0 aliphatic carbocycles. The van der Waals surface area contributed by atoms with Crippen LogP contribution >= 0.6 is 11.3 Å². The molecule has 0 fully saturated rings. The van der Waals surface area contributed by atoms with Gasteiger partial charge in [-0.3, -0.25) is 5.32 Å². The van der Waals surface area contributed by atoms with E-state index in [1.807, 2.05) is 4.72 Å². The SMILES string of the molecule is O=C1Nc2sccc2S(=O)(=O)N1. The van der Waals surface area contributed by atoms with Crippen LogP contribution in [0.2, 0.25) is 0 Å². The van der Waals surface area contributed by atoms with Crippen molar-refractivity contribution in [3.63, 3.8) is 0 Å². The molecule has 0 saturated carbocycles. The lowest BCUT2D eigenvalue weighted by atomic mass is 10.6. The second-order valence-corrected chi connectivity index (χ2v) is 4.74. The standard InChI is InChI=1S/C5H4N2O3S2/c8-5-6-4-3(1-2-11-4)12(9,10)7-5/h1-2H,(H2,6,7,8). The molecule has 12 heavy (non-hydrogen) atoms. The topological polar surface area (TPSA) is 75.3 Å². The van der Waals surface area contributed by atoms with Crippen LogP contribution in [0, 0.1) is 0 Å². The smallest absolute Gasteiger partial charge is 0.297 e. The Bertz CT molecular complexity index is 433. The monoisotopic (exact) mass is 204 g/mol. The van der Waals surface area contributed by atoms with E-state index in [2.05, 4.69) is 5.32 Å². The maximum atomic E-state index is 11.2. The molecule has 2 rings (SSSR count). The van der Waals surface area contributed by atoms with E-state index in [1.165, 1.54) is 17.4 Å². The Kier molecular flexibility index (Phi) is 1.39. The summed E-state index contributed by atoms with van der Waals surface area (Å²) in [6.45, 7) is 0. The lowest BCUT2D eigenvalue weighted by molar-refractivity contribution is 0.256. The summed E-state index contributed by atoms with van der Waals surface area (Å²) in [7, 11) is -3.60. The average molecular weight is 204 g/mol. The van der Waals surface area contributed by atoms with Crippen LogP contribution in [-0.4, -0.2) is 14.4 Å². The van der Waals surface area contributed by atoms with Gasteiger partial charge in [-0.05, 0) is 11.4 Å². The number of thiophene rings is 1. The highest BCUT2D eigenvalue weighted by Gasteiger charge is 2.28. The molecule has 2 heterocycles. The molecule has 64 valence electrons. The first kappa shape index (κ1) is 7.56. The highest BCUT2D eigenvalue weighted by molar-refractivity contribution is 7.90. The highest BCUT2D eigenvalue weighted by Crippen LogP contribution is 2.29. The number of urea groups is 1. The zero-order valence-corrected chi connectivity index (χ0v) is 7.33. The molecule has 0 saturated heterocycles. The number of anilines is 1. The number of sulfonamides is 1. The largest absolute Gasteiger partial charge is 0.333 e. The van der Waals surface area contributed by atoms with Crippen LogP contribution in [0.4, 0.5) is 9.80 Å². The van der Waals surface area contributed by atoms with E-state index in [-0.39, 0.29) is 4.90 Å². The van der Waals surface area contributed by atoms with Crippen molar-refractivity contribution < 1.29 is 13.2 Å². The van der Waals surface area contributed by atoms with Crippen LogP contribution in [0.15, 0.2) is 16.3 Å². The summed E-state index contributed by atoms with van der Waals surface area (Å²) in [6.07, 6.45) is 0. The number of hydrogen-bond donors (Lipinski definition) is 2. The van der Waals surface area contributed by atoms with Crippen LogP contribution in [0.5, 0.6) is 0 Å². The molecule has 1 aromatic heterocycles. The third-order valence-corrected chi connectivity index (χ3v) is 3.71. The van der Waals surface area contributed by atoms with Crippen molar-refractivity contribution in [1.29, 1.82) is 0 Å². The van der Waals surface area contributed by atoms with Gasteiger partial charge in [0.15, 0.2) is 0 Å². The van der Waals surface area contributed by atoms with Crippen molar-refractivity contribution in [1.82, 2.24) is 4.72 Å². The highest BCUT2D eigenvalue weighted by atomic mass is 32.2. The van der Waals surface area contributed by atoms with Crippen molar-refractivity contribution in [2.45, 2.75) is 4.90 Å². The fourth-order valence-corrected chi connectivity index (χ4v) is 3.09. The molecule has 0 unspecified atom stereocenters. The minimum Gasteiger partial charge on any atom is -0.297 e. The Morgan fingerprint density at radius 1 is 1.42 bits per heavy atom. The van der Waals surface area contributed by atoms with Crippen molar-refractivity contribution in [2.24, 2.45) is 0 Å². The van der Waals surface area contributed by atoms with E-state index in [4.69, 9.17) is 0 Å². The van der Waals surface area contributed by atoms with Gasteiger partial charge in [-0.2, -0.15) is 0 Å². The molecule has 2 amide bonds. The summed E-state index contributed by atoms with van der Waals surface area (Å²) in [5.41, 5.74) is 0. The first-order valence-corrected chi connectivity index (χ1v) is 5.37. The van der Waals surface area contributed by atoms with E-state index in [0.29, 0.717) is 5.00 Å². The Balaban J connectivity index is 2.68. The minimum atomic E-state index is -3.60. The van der Waals surface area contributed by atoms with E-state index < -0.39 is 16.1 Å². The average Bonchev–Trinajstić information content (AvgIpc) is 2.32. The van der Waals surface area contributed by atoms with Gasteiger partial charge in [-0.1, -0.05) is 0 Å². The van der Waals surface area contributed by atoms with Gasteiger partial charge in [0.2, 0.25) is 0 Å². The maximum absolute atomic E-state index is 11.2. The molecule has 0 atom stereocenters. The molecule has 7 heteroatoms. The molecule has 1 aliphatic rings. The molecule has 5 nitrogen and oxygen atoms in total. The fraction of sp³-hybridized carbons (Fsp3) is 0. The molecule has 0 radical (unpaired) electrons. The van der Waals surface area contributed by atoms with Gasteiger partial charge >= 0.3 is 6.03 Å². The van der Waals surface area contributed by atoms with Gasteiger partial charge in [-0.25, -0.2) is 17.9 Å². The summed E-state index contributed by atoms with van der Waals surface area (Å²) in [4.78, 5) is 10.9. The molecule has 1 aliphatic heterocycles. The number of nitrogens with one attached hydrogen (secondary N) is 2. The first-order chi connectivity index (χ1) is 5.59. The van der Waals surface area contributed by atoms with Crippen LogP contribution in [0.1, 0.15) is 0 Å². The fourth-order valence-electron chi connectivity index (χ4n) is 0.906. The number of carbonyl (C=O) groups is 1. The summed E-state index contributed by atoms with van der Waals surface area (Å²) >= 11 is 1.18. The van der Waals surface area contributed by atoms with Crippen molar-refractivity contribution in [2.75, 3.05) is 5.32 Å². The molecule has 0 aromatic carbocycles. The van der Waals surface area contributed by atoms with Crippen molar-refractivity contribution in [3.8, 4) is 0 Å². The van der Waals surface area contributed by atoms with Gasteiger partial charge in [0.25, 0.3) is 10.0 Å². The predicted molar refractivity (Wildman–Crippen MR) is 43.7 cm³/mol. The predicted octanol–water partition coefficient (Wildman–Crippen LogP) is 0.572. The number of fused-ring (bicyclic) bond motifs is 1. The molecular formula is C5H4N2O3S2. The van der Waals surface area contributed by atoms with Gasteiger partial charge in [0, 0.05) is 0 Å². The number of carbonyl (C=O) groups excluding carboxylic acids is 1. The van der Waals surface area contributed by atoms with Crippen molar-refractivity contribution in [3.05, 3.63) is 11.4 Å². The van der Waals surface area contributed by atoms with E-state index in [0.717, 1.165) is 0 Å². The van der Waals surface area contributed by atoms with Crippen LogP contribution in [0.3, 0.4) is 0 Å². The van der Waals surface area contributed by atoms with Crippen LogP contribution < -0.4 is 10.0 Å². The summed E-state index contributed by atoms with van der Waals surface area (Å²) < 4.78 is 24.2. The first-order valence-electron chi connectivity index (χ1n) is 3.01. The minimum absolute atomic E-state index is 0.132. The van der Waals surface area contributed by atoms with Gasteiger partial charge < -0.3 is 0 Å². The normalized spacial score (nSPS) is 19.2. The van der Waals surface area contributed by atoms with E-state index in [9.17, 15) is 13.2 Å². The number of hydrogen-bond acceptors (Lipinski definition) is 4. The zero-order valence-electron chi connectivity index (χ0n) is 5.70. The second kappa shape index (κ2) is 2.20. The molecule has 0 spiro atoms. The molecule has 1 aromatic rings. The maximum Gasteiger partial charge on any atom is 0.333 e. The quantitative estimate of drug-likeness (QED) is 0.648. The number of rotatable bonds is 0. The Morgan fingerprint density at radius 2 is 2.17 bits per heavy atom. The van der Waals surface area contributed by atoms with E-state index in [1.54, 1.807) is 5.38 Å². The lowest BCUT2D eigenvalue weighted by Crippen LogP contribution is -2.38. The van der Waals surface area contributed by atoms with Gasteiger partial charge in [0.05, 0.1) is 0 Å². The summed E-state index contributed by atoms with van der Waals surface area (Å²) in [5, 5.41) is 4.37. The van der Waals surface area contributed by atoms with Crippen LogP contribution in [0.25, 0.3) is 0 Å². The summed E-state index contributed by atoms with van der Waals surface area (Å²) in [6, 6.07) is 0.742. The Labute approximate surface area is 72.5 Å². The summed E-state index contributed by atoms with van der Waals surface area (Å²) in [5.74, 6) is 0. The Hall–Kier alpha value is -1.08. The molecule has 2 N–H and O–H groups in total. The number of amides is 2.